The molecule has 3 aromatic rings. The normalized spacial score (nSPS) is 28.3. The summed E-state index contributed by atoms with van der Waals surface area (Å²) in [6.45, 7) is 2.17. The number of fused-ring (bicyclic) bond motifs is 5. The zero-order valence-electron chi connectivity index (χ0n) is 19.8. The quantitative estimate of drug-likeness (QED) is 0.416. The number of carbonyl (C=O) groups is 1. The van der Waals surface area contributed by atoms with Crippen LogP contribution >= 0.6 is 0 Å². The standard InChI is InChI=1S/C29H30F2N2O2/c1-2-19-15-21-20-5-3-4-6-24(20)32-28(21)29(33(19)25-9-7-16-11-18(25)12-16)27-22(30)13-17(14-23(27)31)8-10-26(34)35/h3-6,8,10,13-14,16,18-19,25,29,32H,2,7,9,11-12,15H2,1H3,(H,34,35)/b10-8+/t16?,18?,19-,25-,29-/m1/s1. The van der Waals surface area contributed by atoms with Gasteiger partial charge in [-0.25, -0.2) is 13.6 Å². The Kier molecular flexibility index (Phi) is 5.52. The molecule has 2 N–H and O–H groups in total. The van der Waals surface area contributed by atoms with Crippen LogP contribution in [0.3, 0.4) is 0 Å². The number of nitrogens with zero attached hydrogens (tertiary/aromatic N) is 1. The Hall–Kier alpha value is -2.99. The first-order valence-electron chi connectivity index (χ1n) is 12.7. The third-order valence-electron chi connectivity index (χ3n) is 8.61. The number of carboxylic acids is 1. The molecule has 0 amide bonds. The van der Waals surface area contributed by atoms with Crippen LogP contribution in [0.4, 0.5) is 8.78 Å². The fraction of sp³-hybridized carbons (Fsp3) is 0.414. The van der Waals surface area contributed by atoms with E-state index < -0.39 is 23.6 Å². The zero-order valence-corrected chi connectivity index (χ0v) is 19.8. The van der Waals surface area contributed by atoms with Crippen LogP contribution in [0.5, 0.6) is 0 Å². The Labute approximate surface area is 203 Å². The van der Waals surface area contributed by atoms with E-state index in [0.29, 0.717) is 12.0 Å². The summed E-state index contributed by atoms with van der Waals surface area (Å²) in [5, 5.41) is 10.1. The van der Waals surface area contributed by atoms with Crippen molar-refractivity contribution in [1.29, 1.82) is 0 Å². The van der Waals surface area contributed by atoms with Crippen LogP contribution < -0.4 is 0 Å². The summed E-state index contributed by atoms with van der Waals surface area (Å²) < 4.78 is 31.6. The lowest BCUT2D eigenvalue weighted by Crippen LogP contribution is -2.57. The van der Waals surface area contributed by atoms with Crippen molar-refractivity contribution in [3.05, 3.63) is 76.5 Å². The topological polar surface area (TPSA) is 56.3 Å². The highest BCUT2D eigenvalue weighted by Gasteiger charge is 2.49. The molecule has 182 valence electrons. The summed E-state index contributed by atoms with van der Waals surface area (Å²) in [6.07, 6.45) is 8.59. The highest BCUT2D eigenvalue weighted by Crippen LogP contribution is 2.53. The minimum Gasteiger partial charge on any atom is -0.478 e. The van der Waals surface area contributed by atoms with E-state index in [-0.39, 0.29) is 17.2 Å². The van der Waals surface area contributed by atoms with E-state index in [9.17, 15) is 4.79 Å². The molecule has 1 aromatic heterocycles. The predicted molar refractivity (Wildman–Crippen MR) is 132 cm³/mol. The van der Waals surface area contributed by atoms with Crippen LogP contribution in [0.1, 0.15) is 67.5 Å². The van der Waals surface area contributed by atoms with Crippen molar-refractivity contribution in [1.82, 2.24) is 9.88 Å². The van der Waals surface area contributed by atoms with Crippen molar-refractivity contribution in [3.8, 4) is 0 Å². The van der Waals surface area contributed by atoms with Gasteiger partial charge in [0, 0.05) is 40.3 Å². The lowest BCUT2D eigenvalue weighted by Gasteiger charge is -2.56. The van der Waals surface area contributed by atoms with Gasteiger partial charge in [-0.1, -0.05) is 25.1 Å². The van der Waals surface area contributed by atoms with Crippen molar-refractivity contribution in [3.63, 3.8) is 0 Å². The highest BCUT2D eigenvalue weighted by molar-refractivity contribution is 5.86. The van der Waals surface area contributed by atoms with Crippen molar-refractivity contribution in [2.24, 2.45) is 11.8 Å². The number of H-pyrrole nitrogens is 1. The number of para-hydroxylation sites is 1. The Bertz CT molecular complexity index is 1300. The minimum atomic E-state index is -1.15. The maximum atomic E-state index is 15.8. The molecule has 3 saturated carbocycles. The summed E-state index contributed by atoms with van der Waals surface area (Å²) >= 11 is 0. The summed E-state index contributed by atoms with van der Waals surface area (Å²) in [5.74, 6) is -1.02. The Morgan fingerprint density at radius 1 is 1.17 bits per heavy atom. The fourth-order valence-corrected chi connectivity index (χ4v) is 6.99. The van der Waals surface area contributed by atoms with Gasteiger partial charge in [-0.15, -0.1) is 0 Å². The number of hydrogen-bond acceptors (Lipinski definition) is 2. The molecule has 3 aliphatic carbocycles. The van der Waals surface area contributed by atoms with Gasteiger partial charge in [-0.2, -0.15) is 0 Å². The third kappa shape index (κ3) is 3.70. The summed E-state index contributed by atoms with van der Waals surface area (Å²) in [4.78, 5) is 16.9. The van der Waals surface area contributed by atoms with Gasteiger partial charge in [0.15, 0.2) is 0 Å². The Balaban J connectivity index is 1.54. The third-order valence-corrected chi connectivity index (χ3v) is 8.61. The number of aromatic nitrogens is 1. The van der Waals surface area contributed by atoms with Crippen LogP contribution in [0.25, 0.3) is 17.0 Å². The molecule has 2 bridgehead atoms. The molecule has 3 atom stereocenters. The molecule has 2 aromatic carbocycles. The smallest absolute Gasteiger partial charge is 0.328 e. The predicted octanol–water partition coefficient (Wildman–Crippen LogP) is 6.46. The van der Waals surface area contributed by atoms with Gasteiger partial charge in [0.05, 0.1) is 6.04 Å². The van der Waals surface area contributed by atoms with E-state index in [4.69, 9.17) is 5.11 Å². The number of aromatic amines is 1. The number of aliphatic carboxylic acids is 1. The lowest BCUT2D eigenvalue weighted by atomic mass is 9.61. The summed E-state index contributed by atoms with van der Waals surface area (Å²) in [5.41, 5.74) is 3.31. The second-order valence-electron chi connectivity index (χ2n) is 10.5. The van der Waals surface area contributed by atoms with Crippen LogP contribution in [0.2, 0.25) is 0 Å². The first-order valence-corrected chi connectivity index (χ1v) is 12.7. The van der Waals surface area contributed by atoms with Crippen LogP contribution in [0.15, 0.2) is 42.5 Å². The van der Waals surface area contributed by atoms with E-state index in [1.165, 1.54) is 37.5 Å². The van der Waals surface area contributed by atoms with Crippen LogP contribution in [-0.4, -0.2) is 33.0 Å². The van der Waals surface area contributed by atoms with E-state index in [1.807, 2.05) is 18.2 Å². The molecule has 3 fully saturated rings. The highest BCUT2D eigenvalue weighted by atomic mass is 19.1. The van der Waals surface area contributed by atoms with Crippen molar-refractivity contribution in [2.45, 2.75) is 63.6 Å². The van der Waals surface area contributed by atoms with Gasteiger partial charge in [-0.05, 0) is 85.8 Å². The monoisotopic (exact) mass is 476 g/mol. The molecule has 0 unspecified atom stereocenters. The molecular formula is C29H30F2N2O2. The number of nitrogens with one attached hydrogen (secondary N) is 1. The van der Waals surface area contributed by atoms with Crippen molar-refractivity contribution >= 4 is 22.9 Å². The minimum absolute atomic E-state index is 0.0601. The molecule has 7 rings (SSSR count). The molecule has 35 heavy (non-hydrogen) atoms. The van der Waals surface area contributed by atoms with Gasteiger partial charge in [0.1, 0.15) is 11.6 Å². The molecule has 4 nitrogen and oxygen atoms in total. The number of carboxylic acid groups (broad SMARTS) is 1. The number of halogens is 2. The number of hydrogen-bond donors (Lipinski definition) is 2. The first kappa shape index (κ1) is 22.5. The van der Waals surface area contributed by atoms with E-state index in [1.54, 1.807) is 0 Å². The van der Waals surface area contributed by atoms with Crippen LogP contribution in [0, 0.1) is 23.5 Å². The molecule has 4 aliphatic rings. The largest absolute Gasteiger partial charge is 0.478 e. The van der Waals surface area contributed by atoms with Crippen molar-refractivity contribution in [2.75, 3.05) is 0 Å². The summed E-state index contributed by atoms with van der Waals surface area (Å²) in [7, 11) is 0. The van der Waals surface area contributed by atoms with E-state index in [2.05, 4.69) is 22.9 Å². The molecular weight excluding hydrogens is 446 g/mol. The lowest BCUT2D eigenvalue weighted by molar-refractivity contribution is -0.131. The van der Waals surface area contributed by atoms with Crippen LogP contribution in [-0.2, 0) is 11.2 Å². The second kappa shape index (κ2) is 8.59. The number of benzene rings is 2. The molecule has 6 heteroatoms. The van der Waals surface area contributed by atoms with Gasteiger partial charge >= 0.3 is 5.97 Å². The van der Waals surface area contributed by atoms with Crippen molar-refractivity contribution < 1.29 is 18.7 Å². The summed E-state index contributed by atoms with van der Waals surface area (Å²) in [6, 6.07) is 10.6. The van der Waals surface area contributed by atoms with Gasteiger partial charge < -0.3 is 10.1 Å². The maximum Gasteiger partial charge on any atom is 0.328 e. The van der Waals surface area contributed by atoms with Gasteiger partial charge in [0.25, 0.3) is 0 Å². The zero-order chi connectivity index (χ0) is 24.3. The SMILES string of the molecule is CC[C@@H]1Cc2c([nH]c3ccccc23)[C@@H](c2c(F)cc(/C=C/C(=O)O)cc2F)N1[C@@H]1CCC2CC1C2. The number of rotatable bonds is 5. The van der Waals surface area contributed by atoms with E-state index in [0.717, 1.165) is 53.4 Å². The Morgan fingerprint density at radius 2 is 1.91 bits per heavy atom. The maximum absolute atomic E-state index is 15.8. The average Bonchev–Trinajstić information content (AvgIpc) is 3.20. The van der Waals surface area contributed by atoms with Gasteiger partial charge in [0.2, 0.25) is 0 Å². The van der Waals surface area contributed by atoms with E-state index >= 15 is 8.78 Å². The van der Waals surface area contributed by atoms with Gasteiger partial charge in [-0.3, -0.25) is 4.90 Å². The average molecular weight is 477 g/mol. The fourth-order valence-electron chi connectivity index (χ4n) is 6.99. The second-order valence-corrected chi connectivity index (χ2v) is 10.5. The molecule has 2 heterocycles. The molecule has 0 radical (unpaired) electrons. The molecule has 1 aliphatic heterocycles. The molecule has 0 spiro atoms. The first-order chi connectivity index (χ1) is 16.9. The molecule has 0 saturated heterocycles. The Morgan fingerprint density at radius 3 is 2.57 bits per heavy atom.